The Morgan fingerprint density at radius 3 is 2.67 bits per heavy atom. The molecule has 2 aromatic rings. The SMILES string of the molecule is CCNC(Cc1cccc(Cl)c1Cl)c1cc(C)nnc1C. The van der Waals surface area contributed by atoms with Crippen molar-refractivity contribution < 1.29 is 0 Å². The highest BCUT2D eigenvalue weighted by Crippen LogP contribution is 2.29. The van der Waals surface area contributed by atoms with Gasteiger partial charge in [-0.2, -0.15) is 10.2 Å². The van der Waals surface area contributed by atoms with Crippen molar-refractivity contribution in [2.75, 3.05) is 6.54 Å². The number of nitrogens with zero attached hydrogens (tertiary/aromatic N) is 2. The molecule has 21 heavy (non-hydrogen) atoms. The number of hydrogen-bond donors (Lipinski definition) is 1. The summed E-state index contributed by atoms with van der Waals surface area (Å²) in [4.78, 5) is 0. The molecule has 0 bridgehead atoms. The third-order valence-corrected chi connectivity index (χ3v) is 4.28. The van der Waals surface area contributed by atoms with Crippen LogP contribution in [0.1, 0.15) is 35.5 Å². The largest absolute Gasteiger partial charge is 0.310 e. The highest BCUT2D eigenvalue weighted by Gasteiger charge is 2.17. The number of aromatic nitrogens is 2. The van der Waals surface area contributed by atoms with Crippen LogP contribution in [0.15, 0.2) is 24.3 Å². The smallest absolute Gasteiger partial charge is 0.0648 e. The van der Waals surface area contributed by atoms with E-state index in [1.165, 1.54) is 0 Å². The van der Waals surface area contributed by atoms with Gasteiger partial charge in [0.2, 0.25) is 0 Å². The topological polar surface area (TPSA) is 37.8 Å². The highest BCUT2D eigenvalue weighted by atomic mass is 35.5. The van der Waals surface area contributed by atoms with E-state index in [4.69, 9.17) is 23.2 Å². The standard InChI is InChI=1S/C16H19Cl2N3/c1-4-19-15(13-8-10(2)20-21-11(13)3)9-12-6-5-7-14(17)16(12)18/h5-8,15,19H,4,9H2,1-3H3. The van der Waals surface area contributed by atoms with Crippen molar-refractivity contribution in [3.05, 3.63) is 56.8 Å². The minimum atomic E-state index is 0.139. The molecular weight excluding hydrogens is 305 g/mol. The summed E-state index contributed by atoms with van der Waals surface area (Å²) in [6.45, 7) is 6.88. The van der Waals surface area contributed by atoms with Crippen LogP contribution in [0.4, 0.5) is 0 Å². The minimum Gasteiger partial charge on any atom is -0.310 e. The monoisotopic (exact) mass is 323 g/mol. The second-order valence-corrected chi connectivity index (χ2v) is 5.84. The second-order valence-electron chi connectivity index (χ2n) is 5.05. The fourth-order valence-electron chi connectivity index (χ4n) is 2.39. The van der Waals surface area contributed by atoms with Crippen LogP contribution in [0.3, 0.4) is 0 Å². The molecule has 2 rings (SSSR count). The Hall–Kier alpha value is -1.16. The van der Waals surface area contributed by atoms with Crippen molar-refractivity contribution in [2.45, 2.75) is 33.2 Å². The van der Waals surface area contributed by atoms with E-state index < -0.39 is 0 Å². The molecule has 0 amide bonds. The molecule has 0 aliphatic carbocycles. The maximum atomic E-state index is 6.31. The second kappa shape index (κ2) is 7.21. The van der Waals surface area contributed by atoms with E-state index in [1.54, 1.807) is 6.07 Å². The van der Waals surface area contributed by atoms with Gasteiger partial charge in [0.1, 0.15) is 0 Å². The molecule has 0 radical (unpaired) electrons. The van der Waals surface area contributed by atoms with Crippen LogP contribution in [0.5, 0.6) is 0 Å². The number of rotatable bonds is 5. The number of nitrogens with one attached hydrogen (secondary N) is 1. The van der Waals surface area contributed by atoms with Crippen molar-refractivity contribution in [2.24, 2.45) is 0 Å². The molecule has 1 aromatic carbocycles. The fraction of sp³-hybridized carbons (Fsp3) is 0.375. The molecule has 5 heteroatoms. The molecule has 0 aliphatic heterocycles. The minimum absolute atomic E-state index is 0.139. The molecule has 0 aliphatic rings. The van der Waals surface area contributed by atoms with Crippen LogP contribution in [-0.2, 0) is 6.42 Å². The zero-order valence-electron chi connectivity index (χ0n) is 12.5. The summed E-state index contributed by atoms with van der Waals surface area (Å²) >= 11 is 12.4. The van der Waals surface area contributed by atoms with E-state index in [0.717, 1.165) is 35.5 Å². The van der Waals surface area contributed by atoms with Crippen LogP contribution in [0, 0.1) is 13.8 Å². The molecule has 0 spiro atoms. The molecule has 1 unspecified atom stereocenters. The van der Waals surface area contributed by atoms with Crippen molar-refractivity contribution in [3.8, 4) is 0 Å². The van der Waals surface area contributed by atoms with E-state index in [2.05, 4.69) is 28.5 Å². The Morgan fingerprint density at radius 1 is 1.19 bits per heavy atom. The molecule has 1 heterocycles. The molecule has 1 N–H and O–H groups in total. The summed E-state index contributed by atoms with van der Waals surface area (Å²) in [7, 11) is 0. The lowest BCUT2D eigenvalue weighted by atomic mass is 9.97. The Morgan fingerprint density at radius 2 is 1.95 bits per heavy atom. The lowest BCUT2D eigenvalue weighted by molar-refractivity contribution is 0.542. The summed E-state index contributed by atoms with van der Waals surface area (Å²) in [5, 5.41) is 13.0. The maximum absolute atomic E-state index is 6.31. The van der Waals surface area contributed by atoms with Gasteiger partial charge in [0.05, 0.1) is 21.4 Å². The van der Waals surface area contributed by atoms with Crippen LogP contribution in [0.25, 0.3) is 0 Å². The quantitative estimate of drug-likeness (QED) is 0.891. The average molecular weight is 324 g/mol. The lowest BCUT2D eigenvalue weighted by Crippen LogP contribution is -2.24. The van der Waals surface area contributed by atoms with Crippen molar-refractivity contribution in [3.63, 3.8) is 0 Å². The Bertz CT molecular complexity index is 629. The molecule has 3 nitrogen and oxygen atoms in total. The molecule has 0 saturated heterocycles. The first-order chi connectivity index (χ1) is 10.0. The van der Waals surface area contributed by atoms with E-state index in [-0.39, 0.29) is 6.04 Å². The van der Waals surface area contributed by atoms with Crippen LogP contribution in [0.2, 0.25) is 10.0 Å². The number of halogens is 2. The number of benzene rings is 1. The number of hydrogen-bond acceptors (Lipinski definition) is 3. The van der Waals surface area contributed by atoms with Gasteiger partial charge >= 0.3 is 0 Å². The van der Waals surface area contributed by atoms with E-state index in [1.807, 2.05) is 26.0 Å². The highest BCUT2D eigenvalue weighted by molar-refractivity contribution is 6.42. The summed E-state index contributed by atoms with van der Waals surface area (Å²) in [6.07, 6.45) is 0.763. The van der Waals surface area contributed by atoms with Gasteiger partial charge in [-0.15, -0.1) is 0 Å². The zero-order chi connectivity index (χ0) is 15.4. The first kappa shape index (κ1) is 16.2. The van der Waals surface area contributed by atoms with Gasteiger partial charge < -0.3 is 5.32 Å². The normalized spacial score (nSPS) is 12.4. The summed E-state index contributed by atoms with van der Waals surface area (Å²) in [6, 6.07) is 7.96. The molecule has 1 atom stereocenters. The third-order valence-electron chi connectivity index (χ3n) is 3.42. The van der Waals surface area contributed by atoms with Gasteiger partial charge in [0.25, 0.3) is 0 Å². The van der Waals surface area contributed by atoms with Crippen LogP contribution >= 0.6 is 23.2 Å². The Kier molecular flexibility index (Phi) is 5.57. The number of likely N-dealkylation sites (N-methyl/N-ethyl adjacent to an activating group) is 1. The molecule has 1 aromatic heterocycles. The van der Waals surface area contributed by atoms with Crippen molar-refractivity contribution in [1.82, 2.24) is 15.5 Å². The van der Waals surface area contributed by atoms with Crippen LogP contribution < -0.4 is 5.32 Å². The summed E-state index contributed by atoms with van der Waals surface area (Å²) < 4.78 is 0. The zero-order valence-corrected chi connectivity index (χ0v) is 14.0. The lowest BCUT2D eigenvalue weighted by Gasteiger charge is -2.21. The molecule has 112 valence electrons. The van der Waals surface area contributed by atoms with Crippen molar-refractivity contribution in [1.29, 1.82) is 0 Å². The summed E-state index contributed by atoms with van der Waals surface area (Å²) in [5.41, 5.74) is 4.03. The van der Waals surface area contributed by atoms with Crippen molar-refractivity contribution >= 4 is 23.2 Å². The molecule has 0 fully saturated rings. The average Bonchev–Trinajstić information content (AvgIpc) is 2.46. The predicted molar refractivity (Wildman–Crippen MR) is 88.1 cm³/mol. The maximum Gasteiger partial charge on any atom is 0.0648 e. The predicted octanol–water partition coefficient (Wildman–Crippen LogP) is 4.29. The summed E-state index contributed by atoms with van der Waals surface area (Å²) in [5.74, 6) is 0. The van der Waals surface area contributed by atoms with E-state index >= 15 is 0 Å². The van der Waals surface area contributed by atoms with Gasteiger partial charge in [-0.3, -0.25) is 0 Å². The molecule has 0 saturated carbocycles. The van der Waals surface area contributed by atoms with E-state index in [0.29, 0.717) is 10.0 Å². The Labute approximate surface area is 135 Å². The third kappa shape index (κ3) is 3.94. The van der Waals surface area contributed by atoms with Gasteiger partial charge in [-0.1, -0.05) is 42.3 Å². The fourth-order valence-corrected chi connectivity index (χ4v) is 2.78. The molecular formula is C16H19Cl2N3. The van der Waals surface area contributed by atoms with Crippen LogP contribution in [-0.4, -0.2) is 16.7 Å². The van der Waals surface area contributed by atoms with Gasteiger partial charge in [-0.05, 0) is 50.1 Å². The first-order valence-corrected chi connectivity index (χ1v) is 7.75. The van der Waals surface area contributed by atoms with Gasteiger partial charge in [0, 0.05) is 6.04 Å². The Balaban J connectivity index is 2.35. The van der Waals surface area contributed by atoms with Gasteiger partial charge in [-0.25, -0.2) is 0 Å². The van der Waals surface area contributed by atoms with E-state index in [9.17, 15) is 0 Å². The number of aryl methyl sites for hydroxylation is 2. The van der Waals surface area contributed by atoms with Gasteiger partial charge in [0.15, 0.2) is 0 Å². The first-order valence-electron chi connectivity index (χ1n) is 7.00.